The van der Waals surface area contributed by atoms with Gasteiger partial charge in [0.25, 0.3) is 0 Å². The number of hydrogen-bond donors (Lipinski definition) is 3. The molecule has 4 N–H and O–H groups in total. The van der Waals surface area contributed by atoms with Gasteiger partial charge >= 0.3 is 0 Å². The number of primary amides is 1. The van der Waals surface area contributed by atoms with Gasteiger partial charge in [-0.2, -0.15) is 0 Å². The minimum Gasteiger partial charge on any atom is -0.386 e. The molecule has 0 fully saturated rings. The maximum absolute atomic E-state index is 14.7. The molecule has 7 nitrogen and oxygen atoms in total. The van der Waals surface area contributed by atoms with Crippen molar-refractivity contribution in [2.75, 3.05) is 24.2 Å². The van der Waals surface area contributed by atoms with E-state index >= 15 is 0 Å². The molecule has 0 bridgehead atoms. The topological polar surface area (TPSA) is 95.1 Å². The molecule has 9 heteroatoms. The van der Waals surface area contributed by atoms with Crippen molar-refractivity contribution in [3.63, 3.8) is 0 Å². The summed E-state index contributed by atoms with van der Waals surface area (Å²) in [5, 5.41) is 5.84. The van der Waals surface area contributed by atoms with Crippen LogP contribution in [0, 0.1) is 11.6 Å². The zero-order chi connectivity index (χ0) is 22.1. The third kappa shape index (κ3) is 3.63. The van der Waals surface area contributed by atoms with Crippen LogP contribution in [0.25, 0.3) is 0 Å². The Morgan fingerprint density at radius 3 is 2.77 bits per heavy atom. The summed E-state index contributed by atoms with van der Waals surface area (Å²) in [7, 11) is 1.54. The Hall–Kier alpha value is -3.75. The molecule has 2 heterocycles. The number of aliphatic imine (C=N–C) groups is 2. The van der Waals surface area contributed by atoms with Crippen LogP contribution in [0.5, 0.6) is 0 Å². The van der Waals surface area contributed by atoms with E-state index in [1.807, 2.05) is 13.0 Å². The van der Waals surface area contributed by atoms with E-state index in [0.29, 0.717) is 23.7 Å². The smallest absolute Gasteiger partial charge is 0.248 e. The van der Waals surface area contributed by atoms with Gasteiger partial charge in [0, 0.05) is 36.3 Å². The van der Waals surface area contributed by atoms with Crippen LogP contribution < -0.4 is 16.4 Å². The molecule has 1 unspecified atom stereocenters. The third-order valence-electron chi connectivity index (χ3n) is 5.39. The lowest BCUT2D eigenvalue weighted by Gasteiger charge is -2.27. The molecule has 0 saturated carbocycles. The molecule has 0 aliphatic carbocycles. The quantitative estimate of drug-likeness (QED) is 0.686. The highest BCUT2D eigenvalue weighted by molar-refractivity contribution is 6.45. The maximum Gasteiger partial charge on any atom is 0.248 e. The number of carbonyl (C=O) groups excluding carboxylic acids is 1. The van der Waals surface area contributed by atoms with E-state index in [1.165, 1.54) is 13.1 Å². The highest BCUT2D eigenvalue weighted by atomic mass is 19.2. The van der Waals surface area contributed by atoms with Crippen LogP contribution in [0.15, 0.2) is 52.7 Å². The number of rotatable bonds is 5. The molecule has 0 saturated heterocycles. The van der Waals surface area contributed by atoms with Crippen LogP contribution in [0.1, 0.15) is 34.5 Å². The van der Waals surface area contributed by atoms with Crippen molar-refractivity contribution in [2.45, 2.75) is 19.4 Å². The molecular weight excluding hydrogens is 402 g/mol. The number of benzene rings is 2. The fourth-order valence-corrected chi connectivity index (χ4v) is 3.79. The lowest BCUT2D eigenvalue weighted by atomic mass is 10.0. The number of amidine groups is 2. The number of nitrogens with one attached hydrogen (secondary N) is 2. The van der Waals surface area contributed by atoms with Crippen LogP contribution >= 0.6 is 0 Å². The van der Waals surface area contributed by atoms with Gasteiger partial charge in [-0.05, 0) is 36.2 Å². The molecule has 1 amide bonds. The van der Waals surface area contributed by atoms with Crippen molar-refractivity contribution >= 4 is 29.0 Å². The van der Waals surface area contributed by atoms with Gasteiger partial charge in [0.2, 0.25) is 5.91 Å². The van der Waals surface area contributed by atoms with Crippen LogP contribution in [-0.4, -0.2) is 36.1 Å². The molecule has 31 heavy (non-hydrogen) atoms. The predicted molar refractivity (Wildman–Crippen MR) is 117 cm³/mol. The minimum atomic E-state index is -0.914. The molecule has 4 rings (SSSR count). The fourth-order valence-electron chi connectivity index (χ4n) is 3.79. The number of nitrogens with zero attached hydrogens (tertiary/aromatic N) is 3. The molecule has 2 aliphatic heterocycles. The summed E-state index contributed by atoms with van der Waals surface area (Å²) < 4.78 is 29.0. The van der Waals surface area contributed by atoms with E-state index in [2.05, 4.69) is 20.6 Å². The second-order valence-corrected chi connectivity index (χ2v) is 7.16. The highest BCUT2D eigenvalue weighted by Gasteiger charge is 2.34. The second-order valence-electron chi connectivity index (χ2n) is 7.16. The average Bonchev–Trinajstić information content (AvgIpc) is 3.20. The van der Waals surface area contributed by atoms with E-state index in [-0.39, 0.29) is 17.8 Å². The normalized spacial score (nSPS) is 17.2. The maximum atomic E-state index is 14.7. The highest BCUT2D eigenvalue weighted by Crippen LogP contribution is 2.33. The fraction of sp³-hybridized carbons (Fsp3) is 0.227. The molecule has 160 valence electrons. The summed E-state index contributed by atoms with van der Waals surface area (Å²) in [4.78, 5) is 22.2. The summed E-state index contributed by atoms with van der Waals surface area (Å²) in [6, 6.07) is 7.84. The molecule has 1 atom stereocenters. The Kier molecular flexibility index (Phi) is 5.41. The van der Waals surface area contributed by atoms with Crippen molar-refractivity contribution in [3.05, 3.63) is 71.1 Å². The molecule has 0 spiro atoms. The van der Waals surface area contributed by atoms with E-state index in [9.17, 15) is 13.6 Å². The predicted octanol–water partition coefficient (Wildman–Crippen LogP) is 3.42. The summed E-state index contributed by atoms with van der Waals surface area (Å²) in [6.07, 6.45) is 3.91. The van der Waals surface area contributed by atoms with E-state index in [1.54, 1.807) is 35.5 Å². The lowest BCUT2D eigenvalue weighted by molar-refractivity contribution is 0.0999. The van der Waals surface area contributed by atoms with E-state index in [0.717, 1.165) is 11.3 Å². The summed E-state index contributed by atoms with van der Waals surface area (Å²) in [5.74, 6) is -1.28. The lowest BCUT2D eigenvalue weighted by Crippen LogP contribution is -2.37. The van der Waals surface area contributed by atoms with Crippen molar-refractivity contribution in [1.82, 2.24) is 4.90 Å². The van der Waals surface area contributed by atoms with Gasteiger partial charge in [0.05, 0.1) is 18.3 Å². The Morgan fingerprint density at radius 2 is 2.06 bits per heavy atom. The first-order valence-electron chi connectivity index (χ1n) is 9.87. The summed E-state index contributed by atoms with van der Waals surface area (Å²) in [6.45, 7) is 2.20. The average molecular weight is 424 g/mol. The van der Waals surface area contributed by atoms with E-state index < -0.39 is 23.6 Å². The molecular formula is C22H22F2N6O. The molecule has 2 aliphatic rings. The van der Waals surface area contributed by atoms with Gasteiger partial charge in [-0.1, -0.05) is 13.0 Å². The Bertz CT molecular complexity index is 1140. The largest absolute Gasteiger partial charge is 0.386 e. The van der Waals surface area contributed by atoms with Crippen molar-refractivity contribution in [3.8, 4) is 0 Å². The van der Waals surface area contributed by atoms with E-state index in [4.69, 9.17) is 5.73 Å². The number of fused-ring (bicyclic) bond motifs is 1. The van der Waals surface area contributed by atoms with Gasteiger partial charge in [0.1, 0.15) is 0 Å². The number of carbonyl (C=O) groups is 1. The number of aryl methyl sites for hydroxylation is 1. The van der Waals surface area contributed by atoms with Crippen LogP contribution in [0.2, 0.25) is 0 Å². The van der Waals surface area contributed by atoms with Crippen molar-refractivity contribution in [1.29, 1.82) is 0 Å². The van der Waals surface area contributed by atoms with Gasteiger partial charge in [-0.15, -0.1) is 0 Å². The van der Waals surface area contributed by atoms with Crippen molar-refractivity contribution in [2.24, 2.45) is 15.7 Å². The van der Waals surface area contributed by atoms with Gasteiger partial charge < -0.3 is 21.3 Å². The second kappa shape index (κ2) is 8.17. The Labute approximate surface area is 178 Å². The molecule has 0 aromatic heterocycles. The van der Waals surface area contributed by atoms with Crippen LogP contribution in [-0.2, 0) is 6.42 Å². The zero-order valence-electron chi connectivity index (χ0n) is 17.1. The number of nitrogens with two attached hydrogens (primary N) is 1. The van der Waals surface area contributed by atoms with Gasteiger partial charge in [-0.3, -0.25) is 9.79 Å². The Balaban J connectivity index is 1.58. The SMILES string of the molecule is CCc1cc(NC2=NC=CN3C2=NCC3c2ccc(NC)c(F)c2F)ccc1C(N)=O. The first-order valence-corrected chi connectivity index (χ1v) is 9.87. The van der Waals surface area contributed by atoms with Gasteiger partial charge in [-0.25, -0.2) is 13.8 Å². The minimum absolute atomic E-state index is 0.102. The van der Waals surface area contributed by atoms with Crippen molar-refractivity contribution < 1.29 is 13.6 Å². The standard InChI is InChI=1S/C22H22F2N6O/c1-3-12-10-13(4-5-14(12)20(25)31)29-21-22-28-11-17(30(22)9-8-27-21)15-6-7-16(26-2)19(24)18(15)23/h4-10,17,26H,3,11H2,1-2H3,(H2,25,31)(H,27,29). The van der Waals surface area contributed by atoms with Crippen LogP contribution in [0.3, 0.4) is 0 Å². The molecule has 2 aromatic carbocycles. The summed E-state index contributed by atoms with van der Waals surface area (Å²) >= 11 is 0. The Morgan fingerprint density at radius 1 is 1.26 bits per heavy atom. The third-order valence-corrected chi connectivity index (χ3v) is 5.39. The molecule has 2 aromatic rings. The zero-order valence-corrected chi connectivity index (χ0v) is 17.1. The summed E-state index contributed by atoms with van der Waals surface area (Å²) in [5.41, 5.74) is 7.76. The number of anilines is 2. The number of halogens is 2. The van der Waals surface area contributed by atoms with Crippen LogP contribution in [0.4, 0.5) is 20.2 Å². The first kappa shape index (κ1) is 20.5. The molecule has 0 radical (unpaired) electrons. The number of amides is 1. The van der Waals surface area contributed by atoms with Gasteiger partial charge in [0.15, 0.2) is 23.3 Å². The number of hydrogen-bond acceptors (Lipinski definition) is 6. The first-order chi connectivity index (χ1) is 14.9. The monoisotopic (exact) mass is 424 g/mol.